The van der Waals surface area contributed by atoms with Gasteiger partial charge in [0.25, 0.3) is 16.0 Å². The van der Waals surface area contributed by atoms with Gasteiger partial charge >= 0.3 is 0 Å². The number of carbonyl (C=O) groups excluding carboxylic acids is 1. The summed E-state index contributed by atoms with van der Waals surface area (Å²) in [7, 11) is 1.25. The van der Waals surface area contributed by atoms with E-state index in [1.807, 2.05) is 44.6 Å². The summed E-state index contributed by atoms with van der Waals surface area (Å²) in [5.41, 5.74) is 1.97. The topological polar surface area (TPSA) is 111 Å². The average molecular weight is 757 g/mol. The van der Waals surface area contributed by atoms with Crippen LogP contribution in [0.25, 0.3) is 5.69 Å². The molecule has 3 aromatic carbocycles. The van der Waals surface area contributed by atoms with Gasteiger partial charge in [0, 0.05) is 39.4 Å². The minimum atomic E-state index is -4.04. The number of hydrogen-bond acceptors (Lipinski definition) is 6. The second-order valence-electron chi connectivity index (χ2n) is 12.7. The van der Waals surface area contributed by atoms with Gasteiger partial charge in [-0.25, -0.2) is 13.8 Å². The zero-order valence-electron chi connectivity index (χ0n) is 27.8. The summed E-state index contributed by atoms with van der Waals surface area (Å²) in [6, 6.07) is 14.1. The van der Waals surface area contributed by atoms with Gasteiger partial charge in [0.2, 0.25) is 0 Å². The van der Waals surface area contributed by atoms with Crippen molar-refractivity contribution in [2.75, 3.05) is 46.6 Å². The molecule has 0 atom stereocenters. The lowest BCUT2D eigenvalue weighted by Gasteiger charge is -2.29. The summed E-state index contributed by atoms with van der Waals surface area (Å²) in [4.78, 5) is 17.5. The Morgan fingerprint density at radius 2 is 1.76 bits per heavy atom. The van der Waals surface area contributed by atoms with Crippen molar-refractivity contribution in [2.24, 2.45) is 0 Å². The van der Waals surface area contributed by atoms with Gasteiger partial charge in [0.05, 0.1) is 63.5 Å². The van der Waals surface area contributed by atoms with E-state index < -0.39 is 33.1 Å². The molecule has 4 aromatic rings. The van der Waals surface area contributed by atoms with Crippen LogP contribution in [0, 0.1) is 11.6 Å². The SMILES string of the molecule is COc1cc(C(C)(C)c2cnc(SCc3c(F)cc(C(=O)NCC[N+](C)(C)CCCS(=O)(=O)O)cc3Cl)n2-c2ccc(F)cc2)ccc1Cl. The molecule has 0 spiro atoms. The molecule has 1 aromatic heterocycles. The molecule has 0 saturated heterocycles. The van der Waals surface area contributed by atoms with Crippen LogP contribution in [-0.2, 0) is 21.3 Å². The van der Waals surface area contributed by atoms with Gasteiger partial charge in [-0.05, 0) is 54.1 Å². The lowest BCUT2D eigenvalue weighted by atomic mass is 9.81. The molecule has 0 bridgehead atoms. The first-order chi connectivity index (χ1) is 22.9. The van der Waals surface area contributed by atoms with Crippen LogP contribution in [0.5, 0.6) is 5.75 Å². The number of carbonyl (C=O) groups is 1. The molecule has 2 N–H and O–H groups in total. The number of methoxy groups -OCH3 is 1. The quantitative estimate of drug-likeness (QED) is 0.0753. The highest BCUT2D eigenvalue weighted by Crippen LogP contribution is 2.39. The zero-order chi connectivity index (χ0) is 36.1. The predicted octanol–water partition coefficient (Wildman–Crippen LogP) is 7.17. The first kappa shape index (κ1) is 38.6. The third-order valence-corrected chi connectivity index (χ3v) is 10.7. The van der Waals surface area contributed by atoms with Crippen molar-refractivity contribution >= 4 is 51.0 Å². The first-order valence-corrected chi connectivity index (χ1v) is 18.6. The molecule has 0 aliphatic heterocycles. The van der Waals surface area contributed by atoms with Crippen molar-refractivity contribution < 1.29 is 35.8 Å². The van der Waals surface area contributed by atoms with Crippen molar-refractivity contribution in [1.82, 2.24) is 14.9 Å². The number of likely N-dealkylation sites (N-methyl/N-ethyl adjacent to an activating group) is 1. The summed E-state index contributed by atoms with van der Waals surface area (Å²) >= 11 is 14.1. The lowest BCUT2D eigenvalue weighted by Crippen LogP contribution is -2.46. The Kier molecular flexibility index (Phi) is 12.4. The Balaban J connectivity index is 1.52. The second-order valence-corrected chi connectivity index (χ2v) is 16.0. The lowest BCUT2D eigenvalue weighted by molar-refractivity contribution is -0.889. The summed E-state index contributed by atoms with van der Waals surface area (Å²) in [5.74, 6) is -1.27. The van der Waals surface area contributed by atoms with Crippen LogP contribution in [0.4, 0.5) is 8.78 Å². The number of thioether (sulfide) groups is 1. The Morgan fingerprint density at radius 1 is 1.06 bits per heavy atom. The van der Waals surface area contributed by atoms with E-state index in [0.717, 1.165) is 17.3 Å². The minimum Gasteiger partial charge on any atom is -0.495 e. The van der Waals surface area contributed by atoms with Gasteiger partial charge in [-0.2, -0.15) is 8.42 Å². The summed E-state index contributed by atoms with van der Waals surface area (Å²) in [6.07, 6.45) is 1.99. The number of quaternary nitrogens is 1. The smallest absolute Gasteiger partial charge is 0.265 e. The molecule has 15 heteroatoms. The van der Waals surface area contributed by atoms with E-state index in [1.54, 1.807) is 31.5 Å². The Bertz CT molecular complexity index is 1900. The molecule has 0 saturated carbocycles. The first-order valence-electron chi connectivity index (χ1n) is 15.3. The predicted molar refractivity (Wildman–Crippen MR) is 190 cm³/mol. The van der Waals surface area contributed by atoms with Gasteiger partial charge in [0.15, 0.2) is 5.16 Å². The molecular formula is C34H39Cl2F2N4O5S2+. The number of ether oxygens (including phenoxy) is 1. The number of imidazole rings is 1. The fraction of sp³-hybridized carbons (Fsp3) is 0.353. The Hall–Kier alpha value is -3.20. The molecule has 0 aliphatic rings. The number of benzene rings is 3. The summed E-state index contributed by atoms with van der Waals surface area (Å²) < 4.78 is 68.1. The molecular weight excluding hydrogens is 717 g/mol. The highest BCUT2D eigenvalue weighted by molar-refractivity contribution is 7.98. The number of rotatable bonds is 15. The van der Waals surface area contributed by atoms with Crippen LogP contribution in [0.3, 0.4) is 0 Å². The molecule has 4 rings (SSSR count). The van der Waals surface area contributed by atoms with E-state index in [4.69, 9.17) is 32.5 Å². The Morgan fingerprint density at radius 3 is 2.39 bits per heavy atom. The fourth-order valence-electron chi connectivity index (χ4n) is 5.28. The van der Waals surface area contributed by atoms with E-state index in [1.165, 1.54) is 30.0 Å². The molecule has 264 valence electrons. The maximum absolute atomic E-state index is 15.5. The van der Waals surface area contributed by atoms with Crippen molar-refractivity contribution in [3.63, 3.8) is 0 Å². The van der Waals surface area contributed by atoms with Gasteiger partial charge in [-0.15, -0.1) is 0 Å². The van der Waals surface area contributed by atoms with Crippen LogP contribution in [-0.4, -0.2) is 79.5 Å². The Labute approximate surface area is 299 Å². The third kappa shape index (κ3) is 9.95. The third-order valence-electron chi connectivity index (χ3n) is 8.24. The fourth-order valence-corrected chi connectivity index (χ4v) is 7.35. The van der Waals surface area contributed by atoms with Crippen LogP contribution in [0.2, 0.25) is 10.0 Å². The minimum absolute atomic E-state index is 0.0585. The molecule has 0 aliphatic carbocycles. The highest BCUT2D eigenvalue weighted by Gasteiger charge is 2.30. The van der Waals surface area contributed by atoms with Crippen LogP contribution in [0.15, 0.2) is 66.0 Å². The molecule has 9 nitrogen and oxygen atoms in total. The van der Waals surface area contributed by atoms with E-state index in [0.29, 0.717) is 39.2 Å². The molecule has 0 radical (unpaired) electrons. The number of nitrogens with zero attached hydrogens (tertiary/aromatic N) is 3. The van der Waals surface area contributed by atoms with Crippen LogP contribution in [0.1, 0.15) is 47.4 Å². The molecule has 0 fully saturated rings. The number of nitrogens with one attached hydrogen (secondary N) is 1. The van der Waals surface area contributed by atoms with Gasteiger partial charge < -0.3 is 14.5 Å². The van der Waals surface area contributed by atoms with Crippen molar-refractivity contribution in [3.8, 4) is 11.4 Å². The maximum atomic E-state index is 15.5. The summed E-state index contributed by atoms with van der Waals surface area (Å²) in [5, 5.41) is 3.83. The second kappa shape index (κ2) is 15.8. The molecule has 49 heavy (non-hydrogen) atoms. The van der Waals surface area contributed by atoms with Crippen LogP contribution < -0.4 is 10.1 Å². The van der Waals surface area contributed by atoms with E-state index in [9.17, 15) is 17.6 Å². The van der Waals surface area contributed by atoms with E-state index >= 15 is 4.39 Å². The van der Waals surface area contributed by atoms with Gasteiger partial charge in [-0.3, -0.25) is 13.9 Å². The van der Waals surface area contributed by atoms with Crippen molar-refractivity contribution in [2.45, 2.75) is 36.6 Å². The maximum Gasteiger partial charge on any atom is 0.265 e. The molecule has 0 unspecified atom stereocenters. The molecule has 1 amide bonds. The largest absolute Gasteiger partial charge is 0.495 e. The number of halogens is 4. The number of amides is 1. The zero-order valence-corrected chi connectivity index (χ0v) is 30.9. The summed E-state index contributed by atoms with van der Waals surface area (Å²) in [6.45, 7) is 5.24. The van der Waals surface area contributed by atoms with Gasteiger partial charge in [0.1, 0.15) is 17.4 Å². The van der Waals surface area contributed by atoms with Crippen LogP contribution >= 0.6 is 35.0 Å². The normalized spacial score (nSPS) is 12.3. The number of aromatic nitrogens is 2. The molecule has 1 heterocycles. The highest BCUT2D eigenvalue weighted by atomic mass is 35.5. The standard InChI is InChI=1S/C34H38Cl2F2N4O5S2/c1-34(2,23-7-12-27(35)30(19-23)47-5)31-20-40-33(41(31)25-10-8-24(37)9-11-25)48-21-26-28(36)17-22(18-29(26)38)32(43)39-13-15-42(3,4)14-6-16-49(44,45)46/h7-12,17-20H,6,13-16,21H2,1-5H3,(H-,39,43,44,45,46)/p+1. The monoisotopic (exact) mass is 755 g/mol. The van der Waals surface area contributed by atoms with Crippen molar-refractivity contribution in [1.29, 1.82) is 0 Å². The van der Waals surface area contributed by atoms with Gasteiger partial charge in [-0.1, -0.05) is 54.9 Å². The average Bonchev–Trinajstić information content (AvgIpc) is 3.45. The number of hydrogen-bond donors (Lipinski definition) is 2. The van der Waals surface area contributed by atoms with E-state index in [-0.39, 0.29) is 40.6 Å². The van der Waals surface area contributed by atoms with E-state index in [2.05, 4.69) is 10.3 Å². The van der Waals surface area contributed by atoms with Crippen molar-refractivity contribution in [3.05, 3.63) is 105 Å².